The van der Waals surface area contributed by atoms with Crippen molar-refractivity contribution < 1.29 is 18.3 Å². The molecule has 0 amide bonds. The molecule has 110 valence electrons. The Kier molecular flexibility index (Phi) is 4.47. The zero-order valence-electron chi connectivity index (χ0n) is 11.3. The van der Waals surface area contributed by atoms with Crippen LogP contribution in [0.15, 0.2) is 0 Å². The standard InChI is InChI=1S/C12H22N2O4S/c1-2-10-6-8-13(9-10)19(17,18)14-7-4-3-5-11(14)12(15)16/h10-11H,2-9H2,1H3,(H,15,16). The van der Waals surface area contributed by atoms with Crippen LogP contribution >= 0.6 is 0 Å². The molecule has 0 aliphatic carbocycles. The van der Waals surface area contributed by atoms with Crippen molar-refractivity contribution in [3.05, 3.63) is 0 Å². The highest BCUT2D eigenvalue weighted by Gasteiger charge is 2.41. The van der Waals surface area contributed by atoms with Crippen molar-refractivity contribution in [2.45, 2.75) is 45.1 Å². The van der Waals surface area contributed by atoms with E-state index in [0.29, 0.717) is 32.0 Å². The topological polar surface area (TPSA) is 77.9 Å². The van der Waals surface area contributed by atoms with Crippen LogP contribution < -0.4 is 0 Å². The van der Waals surface area contributed by atoms with Crippen LogP contribution in [0.3, 0.4) is 0 Å². The molecule has 2 unspecified atom stereocenters. The SMILES string of the molecule is CCC1CCN(S(=O)(=O)N2CCCCC2C(=O)O)C1. The van der Waals surface area contributed by atoms with Crippen LogP contribution in [-0.4, -0.2) is 53.8 Å². The lowest BCUT2D eigenvalue weighted by Gasteiger charge is -2.34. The van der Waals surface area contributed by atoms with Gasteiger partial charge in [-0.15, -0.1) is 0 Å². The number of aliphatic carboxylic acids is 1. The fraction of sp³-hybridized carbons (Fsp3) is 0.917. The van der Waals surface area contributed by atoms with Gasteiger partial charge in [-0.3, -0.25) is 4.79 Å². The maximum atomic E-state index is 12.6. The summed E-state index contributed by atoms with van der Waals surface area (Å²) in [6.07, 6.45) is 3.78. The minimum atomic E-state index is -3.61. The van der Waals surface area contributed by atoms with Gasteiger partial charge in [0.2, 0.25) is 0 Å². The fourth-order valence-corrected chi connectivity index (χ4v) is 4.83. The van der Waals surface area contributed by atoms with Gasteiger partial charge in [0.1, 0.15) is 6.04 Å². The van der Waals surface area contributed by atoms with E-state index in [2.05, 4.69) is 6.92 Å². The Morgan fingerprint density at radius 3 is 2.58 bits per heavy atom. The molecule has 2 atom stereocenters. The first-order valence-corrected chi connectivity index (χ1v) is 8.36. The van der Waals surface area contributed by atoms with Crippen LogP contribution in [-0.2, 0) is 15.0 Å². The summed E-state index contributed by atoms with van der Waals surface area (Å²) >= 11 is 0. The third-order valence-electron chi connectivity index (χ3n) is 4.19. The molecule has 0 radical (unpaired) electrons. The van der Waals surface area contributed by atoms with Gasteiger partial charge in [0.25, 0.3) is 10.2 Å². The zero-order valence-corrected chi connectivity index (χ0v) is 12.1. The molecule has 0 aromatic heterocycles. The normalized spacial score (nSPS) is 30.6. The lowest BCUT2D eigenvalue weighted by atomic mass is 10.1. The lowest BCUT2D eigenvalue weighted by molar-refractivity contribution is -0.142. The van der Waals surface area contributed by atoms with Crippen molar-refractivity contribution in [3.63, 3.8) is 0 Å². The third-order valence-corrected chi connectivity index (χ3v) is 6.20. The molecule has 0 aromatic carbocycles. The van der Waals surface area contributed by atoms with Crippen LogP contribution in [0.4, 0.5) is 0 Å². The summed E-state index contributed by atoms with van der Waals surface area (Å²) in [5.41, 5.74) is 0. The van der Waals surface area contributed by atoms with Crippen LogP contribution in [0.1, 0.15) is 39.0 Å². The first-order valence-electron chi connectivity index (χ1n) is 6.96. The van der Waals surface area contributed by atoms with Gasteiger partial charge in [-0.05, 0) is 31.6 Å². The molecule has 2 saturated heterocycles. The Hall–Kier alpha value is -0.660. The second kappa shape index (κ2) is 5.76. The van der Waals surface area contributed by atoms with Crippen molar-refractivity contribution >= 4 is 16.2 Å². The molecule has 7 heteroatoms. The average Bonchev–Trinajstić information content (AvgIpc) is 2.88. The van der Waals surface area contributed by atoms with E-state index in [-0.39, 0.29) is 0 Å². The molecule has 1 N–H and O–H groups in total. The lowest BCUT2D eigenvalue weighted by Crippen LogP contribution is -2.52. The molecule has 2 fully saturated rings. The minimum absolute atomic E-state index is 0.326. The predicted molar refractivity (Wildman–Crippen MR) is 70.9 cm³/mol. The Morgan fingerprint density at radius 1 is 1.26 bits per heavy atom. The Morgan fingerprint density at radius 2 is 2.00 bits per heavy atom. The molecule has 2 rings (SSSR count). The highest BCUT2D eigenvalue weighted by Crippen LogP contribution is 2.28. The minimum Gasteiger partial charge on any atom is -0.480 e. The predicted octanol–water partition coefficient (Wildman–Crippen LogP) is 0.902. The molecular formula is C12H22N2O4S. The van der Waals surface area contributed by atoms with Crippen LogP contribution in [0, 0.1) is 5.92 Å². The van der Waals surface area contributed by atoms with Gasteiger partial charge >= 0.3 is 5.97 Å². The van der Waals surface area contributed by atoms with Crippen molar-refractivity contribution in [2.75, 3.05) is 19.6 Å². The van der Waals surface area contributed by atoms with E-state index < -0.39 is 22.2 Å². The summed E-state index contributed by atoms with van der Waals surface area (Å²) in [6.45, 7) is 3.43. The van der Waals surface area contributed by atoms with E-state index in [4.69, 9.17) is 0 Å². The molecule has 0 bridgehead atoms. The molecule has 0 saturated carbocycles. The molecular weight excluding hydrogens is 268 g/mol. The number of piperidine rings is 1. The number of carboxylic acids is 1. The van der Waals surface area contributed by atoms with Gasteiger partial charge < -0.3 is 5.11 Å². The van der Waals surface area contributed by atoms with Gasteiger partial charge in [0.05, 0.1) is 0 Å². The number of hydrogen-bond acceptors (Lipinski definition) is 3. The van der Waals surface area contributed by atoms with E-state index in [0.717, 1.165) is 25.7 Å². The van der Waals surface area contributed by atoms with Crippen molar-refractivity contribution in [2.24, 2.45) is 5.92 Å². The summed E-state index contributed by atoms with van der Waals surface area (Å²) in [5.74, 6) is -0.627. The zero-order chi connectivity index (χ0) is 14.0. The van der Waals surface area contributed by atoms with Crippen LogP contribution in [0.25, 0.3) is 0 Å². The molecule has 2 aliphatic heterocycles. The summed E-state index contributed by atoms with van der Waals surface area (Å²) in [6, 6.07) is -0.889. The smallest absolute Gasteiger partial charge is 0.322 e. The van der Waals surface area contributed by atoms with Gasteiger partial charge in [-0.1, -0.05) is 13.3 Å². The molecule has 19 heavy (non-hydrogen) atoms. The van der Waals surface area contributed by atoms with E-state index in [1.165, 1.54) is 8.61 Å². The van der Waals surface area contributed by atoms with E-state index >= 15 is 0 Å². The maximum absolute atomic E-state index is 12.6. The molecule has 2 aliphatic rings. The van der Waals surface area contributed by atoms with Gasteiger partial charge in [-0.2, -0.15) is 17.0 Å². The summed E-state index contributed by atoms with van der Waals surface area (Å²) in [4.78, 5) is 11.2. The second-order valence-electron chi connectivity index (χ2n) is 5.39. The quantitative estimate of drug-likeness (QED) is 0.834. The van der Waals surface area contributed by atoms with Crippen molar-refractivity contribution in [1.82, 2.24) is 8.61 Å². The highest BCUT2D eigenvalue weighted by molar-refractivity contribution is 7.86. The molecule has 0 aromatic rings. The van der Waals surface area contributed by atoms with Crippen LogP contribution in [0.2, 0.25) is 0 Å². The number of carbonyl (C=O) groups is 1. The van der Waals surface area contributed by atoms with E-state index in [1.54, 1.807) is 0 Å². The van der Waals surface area contributed by atoms with Crippen LogP contribution in [0.5, 0.6) is 0 Å². The number of hydrogen-bond donors (Lipinski definition) is 1. The Bertz CT molecular complexity index is 437. The third kappa shape index (κ3) is 2.93. The molecule has 0 spiro atoms. The summed E-state index contributed by atoms with van der Waals surface area (Å²) in [5, 5.41) is 9.19. The van der Waals surface area contributed by atoms with Crippen molar-refractivity contribution in [3.8, 4) is 0 Å². The van der Waals surface area contributed by atoms with Crippen molar-refractivity contribution in [1.29, 1.82) is 0 Å². The second-order valence-corrected chi connectivity index (χ2v) is 7.27. The highest BCUT2D eigenvalue weighted by atomic mass is 32.2. The van der Waals surface area contributed by atoms with Gasteiger partial charge in [0.15, 0.2) is 0 Å². The Balaban J connectivity index is 2.16. The van der Waals surface area contributed by atoms with Gasteiger partial charge in [-0.25, -0.2) is 0 Å². The average molecular weight is 290 g/mol. The van der Waals surface area contributed by atoms with E-state index in [9.17, 15) is 18.3 Å². The first kappa shape index (κ1) is 14.7. The monoisotopic (exact) mass is 290 g/mol. The first-order chi connectivity index (χ1) is 8.96. The summed E-state index contributed by atoms with van der Waals surface area (Å²) < 4.78 is 27.8. The molecule has 2 heterocycles. The van der Waals surface area contributed by atoms with E-state index in [1.807, 2.05) is 0 Å². The Labute approximate surface area is 114 Å². The van der Waals surface area contributed by atoms with Gasteiger partial charge in [0, 0.05) is 19.6 Å². The number of rotatable bonds is 4. The number of carboxylic acid groups (broad SMARTS) is 1. The molecule has 6 nitrogen and oxygen atoms in total. The maximum Gasteiger partial charge on any atom is 0.322 e. The number of nitrogens with zero attached hydrogens (tertiary/aromatic N) is 2. The summed E-state index contributed by atoms with van der Waals surface area (Å²) in [7, 11) is -3.61. The fourth-order valence-electron chi connectivity index (χ4n) is 2.92. The largest absolute Gasteiger partial charge is 0.480 e.